The Bertz CT molecular complexity index is 1090. The van der Waals surface area contributed by atoms with E-state index in [1.54, 1.807) is 0 Å². The van der Waals surface area contributed by atoms with Crippen LogP contribution in [0, 0.1) is 0 Å². The summed E-state index contributed by atoms with van der Waals surface area (Å²) in [6, 6.07) is 17.8. The summed E-state index contributed by atoms with van der Waals surface area (Å²) in [6.45, 7) is 0. The van der Waals surface area contributed by atoms with Gasteiger partial charge in [-0.3, -0.25) is 0 Å². The van der Waals surface area contributed by atoms with Gasteiger partial charge in [-0.2, -0.15) is 0 Å². The van der Waals surface area contributed by atoms with E-state index < -0.39 is 7.92 Å². The third kappa shape index (κ3) is 2.50. The zero-order valence-electron chi connectivity index (χ0n) is 13.6. The highest BCUT2D eigenvalue weighted by Gasteiger charge is 2.24. The zero-order chi connectivity index (χ0) is 17.3. The number of benzene rings is 1. The number of aromatic amines is 3. The van der Waals surface area contributed by atoms with Crippen molar-refractivity contribution in [3.8, 4) is 5.75 Å². The molecule has 26 heavy (non-hydrogen) atoms. The lowest BCUT2D eigenvalue weighted by molar-refractivity contribution is 0.186. The van der Waals surface area contributed by atoms with Crippen molar-refractivity contribution in [3.63, 3.8) is 0 Å². The molecule has 3 N–H and O–H groups in total. The molecular weight excluding hydrogens is 347 g/mol. The Morgan fingerprint density at radius 1 is 0.808 bits per heavy atom. The first-order valence-corrected chi connectivity index (χ1v) is 9.47. The normalized spacial score (nSPS) is 11.4. The second-order valence-corrected chi connectivity index (χ2v) is 7.76. The molecule has 4 heterocycles. The summed E-state index contributed by atoms with van der Waals surface area (Å²) in [4.78, 5) is 17.5. The van der Waals surface area contributed by atoms with E-state index in [1.807, 2.05) is 61.1 Å². The fourth-order valence-electron chi connectivity index (χ4n) is 2.89. The molecule has 0 amide bonds. The summed E-state index contributed by atoms with van der Waals surface area (Å²) >= 11 is 0. The smallest absolute Gasteiger partial charge is 0.183 e. The number of hydrogen-bond donors (Lipinski definition) is 3. The Hall–Kier alpha value is -3.31. The number of aromatic nitrogens is 6. The van der Waals surface area contributed by atoms with Crippen molar-refractivity contribution in [2.24, 2.45) is 0 Å². The molecule has 4 aromatic heterocycles. The first kappa shape index (κ1) is 15.0. The van der Waals surface area contributed by atoms with Crippen LogP contribution in [-0.2, 0) is 0 Å². The van der Waals surface area contributed by atoms with Gasteiger partial charge in [0, 0.05) is 32.6 Å². The van der Waals surface area contributed by atoms with Crippen LogP contribution in [0.25, 0.3) is 11.0 Å². The number of H-pyrrole nitrogens is 3. The highest BCUT2D eigenvalue weighted by atomic mass is 31.1. The molecule has 0 atom stereocenters. The predicted molar refractivity (Wildman–Crippen MR) is 102 cm³/mol. The summed E-state index contributed by atoms with van der Waals surface area (Å²) in [5.41, 5.74) is 4.85. The van der Waals surface area contributed by atoms with Crippen LogP contribution < -0.4 is 21.1 Å². The van der Waals surface area contributed by atoms with Gasteiger partial charge in [0.05, 0.1) is 16.3 Å². The molecule has 0 aliphatic heterocycles. The predicted octanol–water partition coefficient (Wildman–Crippen LogP) is 2.02. The Morgan fingerprint density at radius 3 is 2.31 bits per heavy atom. The lowest BCUT2D eigenvalue weighted by atomic mass is 10.3. The van der Waals surface area contributed by atoms with E-state index in [0.717, 1.165) is 33.1 Å². The van der Waals surface area contributed by atoms with Crippen LogP contribution in [-0.4, -0.2) is 30.1 Å². The van der Waals surface area contributed by atoms with Gasteiger partial charge in [-0.05, 0) is 41.6 Å². The maximum atomic E-state index is 6.08. The highest BCUT2D eigenvalue weighted by molar-refractivity contribution is 7.79. The van der Waals surface area contributed by atoms with Crippen molar-refractivity contribution < 1.29 is 4.84 Å². The molecule has 128 valence electrons. The largest absolute Gasteiger partial charge is 0.361 e. The molecule has 0 bridgehead atoms. The fourth-order valence-corrected chi connectivity index (χ4v) is 5.05. The number of fused-ring (bicyclic) bond motifs is 1. The van der Waals surface area contributed by atoms with Gasteiger partial charge >= 0.3 is 0 Å². The maximum Gasteiger partial charge on any atom is 0.183 e. The molecule has 1 aromatic carbocycles. The summed E-state index contributed by atoms with van der Waals surface area (Å²) in [5.74, 6) is 0.718. The van der Waals surface area contributed by atoms with E-state index in [1.165, 1.54) is 4.85 Å². The van der Waals surface area contributed by atoms with Crippen molar-refractivity contribution in [1.29, 1.82) is 0 Å². The number of para-hydroxylation sites is 1. The van der Waals surface area contributed by atoms with Gasteiger partial charge in [-0.25, -0.2) is 0 Å². The van der Waals surface area contributed by atoms with Crippen LogP contribution >= 0.6 is 7.92 Å². The zero-order valence-corrected chi connectivity index (χ0v) is 14.5. The second-order valence-electron chi connectivity index (χ2n) is 5.68. The van der Waals surface area contributed by atoms with Crippen LogP contribution in [0.5, 0.6) is 5.75 Å². The SMILES string of the molecule is c1c[nH]c(P(c2ccc[nH]2)c2[nH]ccc2On2nnc3ccccc32)c1. The molecule has 0 saturated carbocycles. The van der Waals surface area contributed by atoms with Crippen molar-refractivity contribution >= 4 is 35.3 Å². The van der Waals surface area contributed by atoms with E-state index in [0.29, 0.717) is 0 Å². The van der Waals surface area contributed by atoms with Gasteiger partial charge in [-0.1, -0.05) is 17.0 Å². The van der Waals surface area contributed by atoms with Gasteiger partial charge < -0.3 is 19.8 Å². The summed E-state index contributed by atoms with van der Waals surface area (Å²) in [6.07, 6.45) is 5.75. The molecule has 0 aliphatic rings. The molecule has 0 fully saturated rings. The molecular formula is C18H15N6OP. The molecule has 7 nitrogen and oxygen atoms in total. The Morgan fingerprint density at radius 2 is 1.58 bits per heavy atom. The molecule has 5 rings (SSSR count). The van der Waals surface area contributed by atoms with Crippen molar-refractivity contribution in [2.45, 2.75) is 0 Å². The van der Waals surface area contributed by atoms with Gasteiger partial charge in [-0.15, -0.1) is 5.10 Å². The topological polar surface area (TPSA) is 87.3 Å². The van der Waals surface area contributed by atoms with E-state index in [4.69, 9.17) is 4.84 Å². The average molecular weight is 362 g/mol. The van der Waals surface area contributed by atoms with Gasteiger partial charge in [0.25, 0.3) is 0 Å². The van der Waals surface area contributed by atoms with Crippen molar-refractivity contribution in [1.82, 2.24) is 30.1 Å². The van der Waals surface area contributed by atoms with Crippen LogP contribution in [0.2, 0.25) is 0 Å². The summed E-state index contributed by atoms with van der Waals surface area (Å²) < 4.78 is 0. The molecule has 0 saturated heterocycles. The third-order valence-corrected chi connectivity index (χ3v) is 6.38. The Balaban J connectivity index is 1.57. The molecule has 0 unspecified atom stereocenters. The van der Waals surface area contributed by atoms with Crippen molar-refractivity contribution in [3.05, 3.63) is 73.2 Å². The quantitative estimate of drug-likeness (QED) is 0.418. The van der Waals surface area contributed by atoms with Crippen molar-refractivity contribution in [2.75, 3.05) is 0 Å². The molecule has 5 aromatic rings. The maximum absolute atomic E-state index is 6.08. The molecule has 0 spiro atoms. The second kappa shape index (κ2) is 6.20. The average Bonchev–Trinajstić information content (AvgIpc) is 3.46. The number of nitrogens with one attached hydrogen (secondary N) is 3. The summed E-state index contributed by atoms with van der Waals surface area (Å²) in [7, 11) is -0.834. The van der Waals surface area contributed by atoms with Crippen LogP contribution in [0.1, 0.15) is 0 Å². The van der Waals surface area contributed by atoms with E-state index in [2.05, 4.69) is 37.4 Å². The summed E-state index contributed by atoms with van der Waals surface area (Å²) in [5, 5.41) is 8.26. The van der Waals surface area contributed by atoms with E-state index >= 15 is 0 Å². The lowest BCUT2D eigenvalue weighted by Gasteiger charge is -2.15. The minimum Gasteiger partial charge on any atom is -0.361 e. The first-order valence-electron chi connectivity index (χ1n) is 8.13. The minimum absolute atomic E-state index is 0.718. The van der Waals surface area contributed by atoms with Crippen LogP contribution in [0.3, 0.4) is 0 Å². The Labute approximate surface area is 149 Å². The van der Waals surface area contributed by atoms with Gasteiger partial charge in [0.1, 0.15) is 11.0 Å². The lowest BCUT2D eigenvalue weighted by Crippen LogP contribution is -2.25. The van der Waals surface area contributed by atoms with Crippen LogP contribution in [0.15, 0.2) is 73.2 Å². The fraction of sp³-hybridized carbons (Fsp3) is 0. The van der Waals surface area contributed by atoms with E-state index in [9.17, 15) is 0 Å². The third-order valence-electron chi connectivity index (χ3n) is 4.06. The van der Waals surface area contributed by atoms with Gasteiger partial charge in [0.15, 0.2) is 5.75 Å². The molecule has 0 radical (unpaired) electrons. The van der Waals surface area contributed by atoms with E-state index in [-0.39, 0.29) is 0 Å². The Kier molecular flexibility index (Phi) is 3.57. The first-order chi connectivity index (χ1) is 12.9. The number of nitrogens with zero attached hydrogens (tertiary/aromatic N) is 3. The monoisotopic (exact) mass is 362 g/mol. The van der Waals surface area contributed by atoms with Gasteiger partial charge in [0.2, 0.25) is 0 Å². The molecule has 8 heteroatoms. The highest BCUT2D eigenvalue weighted by Crippen LogP contribution is 2.34. The minimum atomic E-state index is -0.834. The number of rotatable bonds is 5. The molecule has 0 aliphatic carbocycles. The van der Waals surface area contributed by atoms with Crippen LogP contribution in [0.4, 0.5) is 0 Å². The standard InChI is InChI=1S/C18H15N6OP/c1-2-6-14-13(5-1)22-23-24(14)25-15-9-12-21-18(15)26(16-7-3-10-19-16)17-8-4-11-20-17/h1-12,19-21H. The number of hydrogen-bond acceptors (Lipinski definition) is 3.